The second kappa shape index (κ2) is 11.4. The fourth-order valence-electron chi connectivity index (χ4n) is 4.71. The smallest absolute Gasteiger partial charge is 0.410 e. The maximum atomic E-state index is 12.8. The zero-order chi connectivity index (χ0) is 25.8. The number of likely N-dealkylation sites (tertiary alicyclic amines) is 1. The Morgan fingerprint density at radius 2 is 1.71 bits per heavy atom. The fourth-order valence-corrected chi connectivity index (χ4v) is 5.60. The average molecular weight is 517 g/mol. The Morgan fingerprint density at radius 3 is 2.29 bits per heavy atom. The Hall–Kier alpha value is -2.02. The molecule has 2 aromatic rings. The normalized spacial score (nSPS) is 18.7. The van der Waals surface area contributed by atoms with Crippen LogP contribution >= 0.6 is 11.6 Å². The van der Waals surface area contributed by atoms with Gasteiger partial charge in [0.05, 0.1) is 6.10 Å². The van der Waals surface area contributed by atoms with Crippen molar-refractivity contribution in [3.05, 3.63) is 65.2 Å². The molecule has 0 radical (unpaired) electrons. The van der Waals surface area contributed by atoms with Gasteiger partial charge in [0, 0.05) is 36.9 Å². The number of hydrogen-bond acceptors (Lipinski definition) is 4. The molecule has 1 N–H and O–H groups in total. The topological polar surface area (TPSA) is 53.0 Å². The molecule has 7 heteroatoms. The zero-order valence-corrected chi connectivity index (χ0v) is 23.8. The molecule has 0 aromatic heterocycles. The Labute approximate surface area is 217 Å². The van der Waals surface area contributed by atoms with E-state index < -0.39 is 8.32 Å². The molecule has 0 aliphatic carbocycles. The first-order chi connectivity index (χ1) is 16.4. The van der Waals surface area contributed by atoms with E-state index in [0.717, 1.165) is 25.2 Å². The summed E-state index contributed by atoms with van der Waals surface area (Å²) >= 11 is 6.18. The van der Waals surface area contributed by atoms with Crippen LogP contribution in [0.15, 0.2) is 54.6 Å². The highest BCUT2D eigenvalue weighted by Gasteiger charge is 2.45. The fraction of sp³-hybridized carbons (Fsp3) is 0.536. The molecule has 35 heavy (non-hydrogen) atoms. The van der Waals surface area contributed by atoms with Gasteiger partial charge in [-0.2, -0.15) is 0 Å². The lowest BCUT2D eigenvalue weighted by atomic mass is 9.87. The van der Waals surface area contributed by atoms with Crippen LogP contribution in [0, 0.1) is 11.8 Å². The van der Waals surface area contributed by atoms with Crippen LogP contribution in [0.2, 0.25) is 23.2 Å². The van der Waals surface area contributed by atoms with Crippen molar-refractivity contribution in [2.75, 3.05) is 24.5 Å². The molecule has 1 aliphatic heterocycles. The number of halogens is 1. The van der Waals surface area contributed by atoms with E-state index in [2.05, 4.69) is 55.1 Å². The summed E-state index contributed by atoms with van der Waals surface area (Å²) in [6.07, 6.45) is 0.481. The highest BCUT2D eigenvalue weighted by molar-refractivity contribution is 6.72. The van der Waals surface area contributed by atoms with Gasteiger partial charge in [-0.25, -0.2) is 4.79 Å². The van der Waals surface area contributed by atoms with Gasteiger partial charge in [0.15, 0.2) is 8.32 Å². The van der Waals surface area contributed by atoms with E-state index in [4.69, 9.17) is 16.3 Å². The molecule has 0 saturated carbocycles. The minimum atomic E-state index is -2.39. The van der Waals surface area contributed by atoms with E-state index in [1.165, 1.54) is 5.56 Å². The number of ether oxygens (including phenoxy) is 1. The van der Waals surface area contributed by atoms with E-state index in [0.29, 0.717) is 18.1 Å². The van der Waals surface area contributed by atoms with Crippen LogP contribution in [-0.2, 0) is 11.3 Å². The van der Waals surface area contributed by atoms with Crippen LogP contribution in [0.4, 0.5) is 10.5 Å². The molecular weight excluding hydrogens is 476 g/mol. The van der Waals surface area contributed by atoms with E-state index in [1.807, 2.05) is 50.0 Å². The molecule has 0 unspecified atom stereocenters. The summed E-state index contributed by atoms with van der Waals surface area (Å²) in [6.45, 7) is 15.0. The van der Waals surface area contributed by atoms with Gasteiger partial charge in [-0.05, 0) is 80.1 Å². The first-order valence-electron chi connectivity index (χ1n) is 12.6. The third-order valence-electron chi connectivity index (χ3n) is 7.46. The van der Waals surface area contributed by atoms with Gasteiger partial charge in [0.2, 0.25) is 0 Å². The van der Waals surface area contributed by atoms with Gasteiger partial charge in [0.25, 0.3) is 0 Å². The molecule has 2 atom stereocenters. The van der Waals surface area contributed by atoms with Crippen molar-refractivity contribution < 1.29 is 14.3 Å². The van der Waals surface area contributed by atoms with Crippen molar-refractivity contribution in [3.8, 4) is 0 Å². The number of carbonyl (C=O) groups excluding carboxylic acids is 1. The summed E-state index contributed by atoms with van der Waals surface area (Å²) in [5.74, 6) is 0.527. The molecule has 5 nitrogen and oxygen atoms in total. The molecule has 1 saturated heterocycles. The van der Waals surface area contributed by atoms with Gasteiger partial charge >= 0.3 is 6.09 Å². The quantitative estimate of drug-likeness (QED) is 0.372. The maximum Gasteiger partial charge on any atom is 0.410 e. The minimum absolute atomic E-state index is 0.149. The van der Waals surface area contributed by atoms with Crippen molar-refractivity contribution >= 4 is 31.7 Å². The second-order valence-corrected chi connectivity index (χ2v) is 16.3. The summed E-state index contributed by atoms with van der Waals surface area (Å²) in [5, 5.41) is 0.546. The zero-order valence-electron chi connectivity index (χ0n) is 22.0. The highest BCUT2D eigenvalue weighted by atomic mass is 35.5. The monoisotopic (exact) mass is 516 g/mol. The number of rotatable bonds is 9. The largest absolute Gasteiger partial charge is 0.447 e. The average Bonchev–Trinajstić information content (AvgIpc) is 3.15. The number of benzene rings is 2. The van der Waals surface area contributed by atoms with Crippen LogP contribution < -0.4 is 4.90 Å². The van der Waals surface area contributed by atoms with E-state index in [-0.39, 0.29) is 29.1 Å². The maximum absolute atomic E-state index is 12.8. The Morgan fingerprint density at radius 1 is 1.11 bits per heavy atom. The lowest BCUT2D eigenvalue weighted by Gasteiger charge is -2.39. The van der Waals surface area contributed by atoms with Crippen LogP contribution in [0.3, 0.4) is 0 Å². The van der Waals surface area contributed by atoms with E-state index in [1.54, 1.807) is 0 Å². The highest BCUT2D eigenvalue weighted by Crippen LogP contribution is 2.45. The standard InChI is InChI=1S/C28H41ClN2O3Si/c1-21(2)34-27(32)31-18-23(16-28(3,4)35(5,6)33)24(20-31)19-30(17-22-10-8-7-9-11-22)26-14-12-25(29)13-15-26/h7-15,21,23-24,33H,16-20H2,1-6H3/t23-,24+/m0/s1. The Balaban J connectivity index is 1.88. The van der Waals surface area contributed by atoms with Crippen molar-refractivity contribution in [2.45, 2.75) is 64.9 Å². The lowest BCUT2D eigenvalue weighted by Crippen LogP contribution is -2.42. The third-order valence-corrected chi connectivity index (χ3v) is 11.2. The van der Waals surface area contributed by atoms with Gasteiger partial charge in [-0.15, -0.1) is 0 Å². The molecule has 0 bridgehead atoms. The van der Waals surface area contributed by atoms with Gasteiger partial charge < -0.3 is 19.3 Å². The van der Waals surface area contributed by atoms with Crippen molar-refractivity contribution in [1.29, 1.82) is 0 Å². The summed E-state index contributed by atoms with van der Waals surface area (Å²) in [5.41, 5.74) is 2.34. The van der Waals surface area contributed by atoms with Crippen LogP contribution in [-0.4, -0.2) is 49.8 Å². The van der Waals surface area contributed by atoms with Crippen molar-refractivity contribution in [2.24, 2.45) is 11.8 Å². The molecular formula is C28H41ClN2O3Si. The predicted octanol–water partition coefficient (Wildman–Crippen LogP) is 6.81. The third kappa shape index (κ3) is 7.48. The molecule has 3 rings (SSSR count). The number of amides is 1. The second-order valence-electron chi connectivity index (χ2n) is 11.3. The number of carbonyl (C=O) groups is 1. The molecule has 2 aromatic carbocycles. The molecule has 1 fully saturated rings. The first kappa shape index (κ1) is 27.6. The summed E-state index contributed by atoms with van der Waals surface area (Å²) in [4.78, 5) is 28.1. The Bertz CT molecular complexity index is 960. The van der Waals surface area contributed by atoms with E-state index >= 15 is 0 Å². The number of anilines is 1. The van der Waals surface area contributed by atoms with Crippen molar-refractivity contribution in [3.63, 3.8) is 0 Å². The predicted molar refractivity (Wildman–Crippen MR) is 147 cm³/mol. The van der Waals surface area contributed by atoms with Crippen LogP contribution in [0.5, 0.6) is 0 Å². The molecule has 1 amide bonds. The Kier molecular flexibility index (Phi) is 8.94. The van der Waals surface area contributed by atoms with Crippen LogP contribution in [0.25, 0.3) is 0 Å². The summed E-state index contributed by atoms with van der Waals surface area (Å²) in [6, 6.07) is 18.4. The lowest BCUT2D eigenvalue weighted by molar-refractivity contribution is 0.0818. The first-order valence-corrected chi connectivity index (χ1v) is 15.9. The molecule has 1 heterocycles. The van der Waals surface area contributed by atoms with Gasteiger partial charge in [-0.1, -0.05) is 55.8 Å². The summed E-state index contributed by atoms with van der Waals surface area (Å²) in [7, 11) is -2.39. The van der Waals surface area contributed by atoms with Gasteiger partial charge in [-0.3, -0.25) is 0 Å². The molecule has 0 spiro atoms. The number of hydrogen-bond donors (Lipinski definition) is 1. The molecule has 192 valence electrons. The summed E-state index contributed by atoms with van der Waals surface area (Å²) < 4.78 is 5.54. The SMILES string of the molecule is CC(C)OC(=O)N1C[C@H](CC(C)(C)[Si](C)(C)O)[C@H](CN(Cc2ccccc2)c2ccc(Cl)cc2)C1. The van der Waals surface area contributed by atoms with Gasteiger partial charge in [0.1, 0.15) is 0 Å². The van der Waals surface area contributed by atoms with Crippen molar-refractivity contribution in [1.82, 2.24) is 4.90 Å². The number of nitrogens with zero attached hydrogens (tertiary/aromatic N) is 2. The molecule has 1 aliphatic rings. The van der Waals surface area contributed by atoms with Crippen LogP contribution in [0.1, 0.15) is 39.7 Å². The van der Waals surface area contributed by atoms with E-state index in [9.17, 15) is 9.59 Å². The minimum Gasteiger partial charge on any atom is -0.447 e.